The van der Waals surface area contributed by atoms with Gasteiger partial charge in [-0.3, -0.25) is 4.79 Å². The van der Waals surface area contributed by atoms with Crippen molar-refractivity contribution in [3.63, 3.8) is 0 Å². The highest BCUT2D eigenvalue weighted by Gasteiger charge is 2.37. The van der Waals surface area contributed by atoms with Crippen LogP contribution in [-0.2, 0) is 20.7 Å². The zero-order valence-corrected chi connectivity index (χ0v) is 20.6. The van der Waals surface area contributed by atoms with Crippen LogP contribution in [0.15, 0.2) is 33.7 Å². The molecule has 2 fully saturated rings. The van der Waals surface area contributed by atoms with Crippen molar-refractivity contribution >= 4 is 27.9 Å². The molecular weight excluding hydrogens is 466 g/mol. The molecule has 10 nitrogen and oxygen atoms in total. The van der Waals surface area contributed by atoms with Gasteiger partial charge in [0.05, 0.1) is 23.5 Å². The van der Waals surface area contributed by atoms with Gasteiger partial charge in [0.2, 0.25) is 5.89 Å². The molecule has 1 amide bonds. The highest BCUT2D eigenvalue weighted by atomic mass is 32.2. The smallest absolute Gasteiger partial charge is 0.282 e. The maximum Gasteiger partial charge on any atom is 0.282 e. The summed E-state index contributed by atoms with van der Waals surface area (Å²) in [6.45, 7) is 7.41. The second-order valence-electron chi connectivity index (χ2n) is 8.29. The van der Waals surface area contributed by atoms with E-state index in [1.807, 2.05) is 32.0 Å². The Hall–Kier alpha value is -1.99. The van der Waals surface area contributed by atoms with Crippen molar-refractivity contribution in [3.05, 3.63) is 41.5 Å². The summed E-state index contributed by atoms with van der Waals surface area (Å²) >= 11 is 1.47. The molecule has 3 heterocycles. The van der Waals surface area contributed by atoms with Crippen molar-refractivity contribution in [2.45, 2.75) is 43.6 Å². The number of hydrogen-bond acceptors (Lipinski definition) is 8. The molecule has 2 aromatic rings. The van der Waals surface area contributed by atoms with E-state index in [4.69, 9.17) is 9.26 Å². The Balaban J connectivity index is 1.38. The lowest BCUT2D eigenvalue weighted by molar-refractivity contribution is -0.0457. The number of hydrogen-bond donors (Lipinski definition) is 0. The normalized spacial score (nSPS) is 23.1. The Morgan fingerprint density at radius 2 is 1.76 bits per heavy atom. The average molecular weight is 496 g/mol. The lowest BCUT2D eigenvalue weighted by Gasteiger charge is -2.40. The van der Waals surface area contributed by atoms with Crippen LogP contribution in [-0.4, -0.2) is 89.5 Å². The lowest BCUT2D eigenvalue weighted by atomic mass is 10.2. The minimum absolute atomic E-state index is 0.104. The number of morpholine rings is 1. The summed E-state index contributed by atoms with van der Waals surface area (Å²) < 4.78 is 39.9. The molecule has 0 saturated carbocycles. The zero-order chi connectivity index (χ0) is 23.6. The van der Waals surface area contributed by atoms with Gasteiger partial charge >= 0.3 is 0 Å². The van der Waals surface area contributed by atoms with E-state index in [-0.39, 0.29) is 31.2 Å². The van der Waals surface area contributed by atoms with E-state index in [0.717, 1.165) is 4.90 Å². The van der Waals surface area contributed by atoms with Crippen LogP contribution < -0.4 is 0 Å². The highest BCUT2D eigenvalue weighted by molar-refractivity contribution is 7.98. The summed E-state index contributed by atoms with van der Waals surface area (Å²) in [6, 6.07) is 7.41. The summed E-state index contributed by atoms with van der Waals surface area (Å²) in [6.07, 6.45) is -0.284. The Kier molecular flexibility index (Phi) is 7.39. The maximum atomic E-state index is 13.2. The Bertz CT molecular complexity index is 1070. The second-order valence-corrected chi connectivity index (χ2v) is 11.2. The van der Waals surface area contributed by atoms with Gasteiger partial charge in [0.25, 0.3) is 16.1 Å². The molecule has 2 saturated heterocycles. The third-order valence-electron chi connectivity index (χ3n) is 5.61. The minimum Gasteiger partial charge on any atom is -0.373 e. The third kappa shape index (κ3) is 5.57. The van der Waals surface area contributed by atoms with E-state index in [0.29, 0.717) is 49.2 Å². The van der Waals surface area contributed by atoms with Gasteiger partial charge in [-0.2, -0.15) is 22.0 Å². The monoisotopic (exact) mass is 495 g/mol. The number of aryl methyl sites for hydroxylation is 1. The number of amides is 1. The summed E-state index contributed by atoms with van der Waals surface area (Å²) in [5.41, 5.74) is 0.592. The predicted octanol–water partition coefficient (Wildman–Crippen LogP) is 1.78. The van der Waals surface area contributed by atoms with Gasteiger partial charge in [-0.05, 0) is 26.0 Å². The summed E-state index contributed by atoms with van der Waals surface area (Å²) in [5, 5.41) is 3.90. The molecule has 0 aliphatic carbocycles. The van der Waals surface area contributed by atoms with Crippen LogP contribution in [0.5, 0.6) is 0 Å². The van der Waals surface area contributed by atoms with E-state index >= 15 is 0 Å². The molecule has 2 unspecified atom stereocenters. The number of carbonyl (C=O) groups is 1. The largest absolute Gasteiger partial charge is 0.373 e. The molecule has 180 valence electrons. The second kappa shape index (κ2) is 10.1. The molecule has 0 radical (unpaired) electrons. The highest BCUT2D eigenvalue weighted by Crippen LogP contribution is 2.27. The molecule has 2 aliphatic heterocycles. The van der Waals surface area contributed by atoms with E-state index < -0.39 is 10.2 Å². The van der Waals surface area contributed by atoms with Crippen LogP contribution >= 0.6 is 11.8 Å². The first-order valence-corrected chi connectivity index (χ1v) is 13.3. The predicted molar refractivity (Wildman–Crippen MR) is 123 cm³/mol. The van der Waals surface area contributed by atoms with Gasteiger partial charge < -0.3 is 14.2 Å². The SMILES string of the molecule is Cc1nc(CSc2ccccc2C(=O)N2CCN(S(=O)(=O)N3CC(C)OC(C)C3)CC2)no1. The van der Waals surface area contributed by atoms with Crippen molar-refractivity contribution in [2.24, 2.45) is 0 Å². The van der Waals surface area contributed by atoms with Gasteiger partial charge in [0.1, 0.15) is 0 Å². The fourth-order valence-corrected chi connectivity index (χ4v) is 6.72. The number of nitrogens with zero attached hydrogens (tertiary/aromatic N) is 5. The lowest BCUT2D eigenvalue weighted by Crippen LogP contribution is -2.57. The van der Waals surface area contributed by atoms with Gasteiger partial charge in [0.15, 0.2) is 5.82 Å². The number of benzene rings is 1. The standard InChI is InChI=1S/C21H29N5O5S2/c1-15-12-26(13-16(2)30-15)33(28,29)25-10-8-24(9-11-25)21(27)18-6-4-5-7-19(18)32-14-20-22-17(3)31-23-20/h4-7,15-16H,8-14H2,1-3H3. The van der Waals surface area contributed by atoms with Crippen LogP contribution in [0.3, 0.4) is 0 Å². The van der Waals surface area contributed by atoms with Crippen LogP contribution in [0, 0.1) is 6.92 Å². The van der Waals surface area contributed by atoms with Crippen LogP contribution in [0.4, 0.5) is 0 Å². The van der Waals surface area contributed by atoms with Crippen molar-refractivity contribution in [2.75, 3.05) is 39.3 Å². The number of piperazine rings is 1. The quantitative estimate of drug-likeness (QED) is 0.558. The van der Waals surface area contributed by atoms with Gasteiger partial charge in [-0.15, -0.1) is 11.8 Å². The molecule has 2 aliphatic rings. The first kappa shape index (κ1) is 24.1. The molecule has 2 atom stereocenters. The van der Waals surface area contributed by atoms with E-state index in [1.54, 1.807) is 17.9 Å². The van der Waals surface area contributed by atoms with E-state index in [9.17, 15) is 13.2 Å². The van der Waals surface area contributed by atoms with Gasteiger partial charge in [-0.1, -0.05) is 17.3 Å². The zero-order valence-electron chi connectivity index (χ0n) is 19.0. The van der Waals surface area contributed by atoms with E-state index in [1.165, 1.54) is 20.4 Å². The number of ether oxygens (including phenoxy) is 1. The fraction of sp³-hybridized carbons (Fsp3) is 0.571. The first-order chi connectivity index (χ1) is 15.7. The van der Waals surface area contributed by atoms with Crippen LogP contribution in [0.2, 0.25) is 0 Å². The number of rotatable bonds is 6. The topological polar surface area (TPSA) is 109 Å². The first-order valence-electron chi connectivity index (χ1n) is 10.9. The Morgan fingerprint density at radius 1 is 1.09 bits per heavy atom. The summed E-state index contributed by atoms with van der Waals surface area (Å²) in [4.78, 5) is 20.0. The van der Waals surface area contributed by atoms with Gasteiger partial charge in [-0.25, -0.2) is 0 Å². The Labute approximate surface area is 198 Å². The van der Waals surface area contributed by atoms with Crippen molar-refractivity contribution in [3.8, 4) is 0 Å². The van der Waals surface area contributed by atoms with Crippen molar-refractivity contribution in [1.82, 2.24) is 23.7 Å². The van der Waals surface area contributed by atoms with Gasteiger partial charge in [0, 0.05) is 51.1 Å². The van der Waals surface area contributed by atoms with Crippen LogP contribution in [0.1, 0.15) is 35.9 Å². The molecule has 0 spiro atoms. The molecule has 12 heteroatoms. The average Bonchev–Trinajstić information content (AvgIpc) is 3.22. The third-order valence-corrected chi connectivity index (χ3v) is 8.65. The molecular formula is C21H29N5O5S2. The molecule has 1 aromatic carbocycles. The molecule has 0 bridgehead atoms. The van der Waals surface area contributed by atoms with Crippen molar-refractivity contribution < 1.29 is 22.5 Å². The molecule has 0 N–H and O–H groups in total. The molecule has 33 heavy (non-hydrogen) atoms. The Morgan fingerprint density at radius 3 is 2.39 bits per heavy atom. The molecule has 4 rings (SSSR count). The summed E-state index contributed by atoms with van der Waals surface area (Å²) in [5.74, 6) is 1.46. The number of carbonyl (C=O) groups excluding carboxylic acids is 1. The van der Waals surface area contributed by atoms with Crippen molar-refractivity contribution in [1.29, 1.82) is 0 Å². The molecule has 1 aromatic heterocycles. The number of aromatic nitrogens is 2. The number of thioether (sulfide) groups is 1. The fourth-order valence-electron chi connectivity index (χ4n) is 4.09. The van der Waals surface area contributed by atoms with E-state index in [2.05, 4.69) is 10.1 Å². The summed E-state index contributed by atoms with van der Waals surface area (Å²) in [7, 11) is -3.59. The minimum atomic E-state index is -3.59. The maximum absolute atomic E-state index is 13.2. The van der Waals surface area contributed by atoms with Crippen LogP contribution in [0.25, 0.3) is 0 Å².